The average molecular weight is 857 g/mol. The van der Waals surface area contributed by atoms with Gasteiger partial charge >= 0.3 is 0 Å². The number of hydrogen-bond acceptors (Lipinski definition) is 0. The molecule has 0 fully saturated rings. The Morgan fingerprint density at radius 2 is 0.544 bits per heavy atom. The van der Waals surface area contributed by atoms with E-state index in [-0.39, 0.29) is 0 Å². The summed E-state index contributed by atoms with van der Waals surface area (Å²) in [5.41, 5.74) is 15.2. The molecule has 1 aliphatic rings. The summed E-state index contributed by atoms with van der Waals surface area (Å²) < 4.78 is 0. The maximum absolute atomic E-state index is 2.52. The molecule has 0 aromatic heterocycles. The summed E-state index contributed by atoms with van der Waals surface area (Å²) in [5, 5.41) is 20.3. The van der Waals surface area contributed by atoms with Crippen molar-refractivity contribution in [1.82, 2.24) is 0 Å². The van der Waals surface area contributed by atoms with Gasteiger partial charge in [0.1, 0.15) is 0 Å². The highest BCUT2D eigenvalue weighted by Gasteiger charge is 2.31. The van der Waals surface area contributed by atoms with Crippen LogP contribution < -0.4 is 0 Å². The topological polar surface area (TPSA) is 0 Å². The fraction of sp³-hybridized carbons (Fsp3) is 0. The monoisotopic (exact) mass is 856 g/mol. The first-order valence-electron chi connectivity index (χ1n) is 23.7. The second-order valence-electron chi connectivity index (χ2n) is 18.8. The van der Waals surface area contributed by atoms with Crippen LogP contribution >= 0.6 is 0 Å². The third kappa shape index (κ3) is 5.55. The van der Waals surface area contributed by atoms with E-state index in [9.17, 15) is 0 Å². The predicted molar refractivity (Wildman–Crippen MR) is 293 cm³/mol. The minimum absolute atomic E-state index is 1.22. The lowest BCUT2D eigenvalue weighted by Crippen LogP contribution is -1.94. The molecule has 0 N–H and O–H groups in total. The van der Waals surface area contributed by atoms with E-state index in [1.165, 1.54) is 153 Å². The van der Waals surface area contributed by atoms with Crippen molar-refractivity contribution in [2.45, 2.75) is 0 Å². The smallest absolute Gasteiger partial charge is 0.000719 e. The molecule has 1 aliphatic carbocycles. The first kappa shape index (κ1) is 37.4. The molecule has 0 saturated heterocycles. The first-order chi connectivity index (χ1) is 33.7. The molecule has 68 heavy (non-hydrogen) atoms. The van der Waals surface area contributed by atoms with Gasteiger partial charge in [-0.05, 0) is 195 Å². The molecule has 15 rings (SSSR count). The molecule has 0 atom stereocenters. The first-order valence-corrected chi connectivity index (χ1v) is 23.7. The minimum Gasteiger partial charge on any atom is -0.0616 e. The van der Waals surface area contributed by atoms with Crippen LogP contribution in [0.15, 0.2) is 243 Å². The van der Waals surface area contributed by atoms with Gasteiger partial charge in [0.05, 0.1) is 0 Å². The van der Waals surface area contributed by atoms with Crippen LogP contribution in [0, 0.1) is 0 Å². The second-order valence-corrected chi connectivity index (χ2v) is 18.8. The van der Waals surface area contributed by atoms with Crippen LogP contribution in [0.25, 0.3) is 153 Å². The minimum atomic E-state index is 1.22. The number of benzene rings is 14. The molecule has 0 heteroatoms. The van der Waals surface area contributed by atoms with Crippen LogP contribution in [0.2, 0.25) is 0 Å². The van der Waals surface area contributed by atoms with Gasteiger partial charge in [-0.25, -0.2) is 0 Å². The van der Waals surface area contributed by atoms with E-state index >= 15 is 0 Å². The average Bonchev–Trinajstić information content (AvgIpc) is 3.73. The molecule has 312 valence electrons. The van der Waals surface area contributed by atoms with Crippen molar-refractivity contribution in [3.05, 3.63) is 243 Å². The van der Waals surface area contributed by atoms with Crippen molar-refractivity contribution in [3.63, 3.8) is 0 Å². The van der Waals surface area contributed by atoms with E-state index in [4.69, 9.17) is 0 Å². The molecule has 0 aliphatic heterocycles. The van der Waals surface area contributed by atoms with Gasteiger partial charge in [-0.1, -0.05) is 200 Å². The summed E-state index contributed by atoms with van der Waals surface area (Å²) in [6, 6.07) is 91.2. The third-order valence-electron chi connectivity index (χ3n) is 15.1. The molecule has 0 nitrogen and oxygen atoms in total. The van der Waals surface area contributed by atoms with Crippen LogP contribution in [0.1, 0.15) is 0 Å². The lowest BCUT2D eigenvalue weighted by molar-refractivity contribution is 1.64. The molecule has 14 aromatic carbocycles. The number of fused-ring (bicyclic) bond motifs is 12. The molecule has 0 spiro atoms. The van der Waals surface area contributed by atoms with Gasteiger partial charge in [0.25, 0.3) is 0 Å². The lowest BCUT2D eigenvalue weighted by atomic mass is 9.81. The zero-order valence-electron chi connectivity index (χ0n) is 37.1. The summed E-state index contributed by atoms with van der Waals surface area (Å²) in [7, 11) is 0. The molecule has 0 heterocycles. The zero-order chi connectivity index (χ0) is 44.5. The SMILES string of the molecule is c1ccc2cc(-c3ccc4ccc(-c5c6c(c(-c7ccc8ccc(-c9ccc%10ccccc%10c9)cc8c7)c7ccccc57)-c5cc7c8ccccc8ccc7c7cccc-6c57)cc4c3)ccc2c1. The molecule has 0 bridgehead atoms. The van der Waals surface area contributed by atoms with Gasteiger partial charge in [-0.2, -0.15) is 0 Å². The van der Waals surface area contributed by atoms with Crippen LogP contribution in [-0.4, -0.2) is 0 Å². The van der Waals surface area contributed by atoms with Crippen molar-refractivity contribution >= 4 is 86.2 Å². The Bertz CT molecular complexity index is 4490. The van der Waals surface area contributed by atoms with Crippen LogP contribution in [0.5, 0.6) is 0 Å². The predicted octanol–water partition coefficient (Wildman–Crippen LogP) is 19.2. The fourth-order valence-corrected chi connectivity index (χ4v) is 11.9. The molecule has 0 saturated carbocycles. The highest BCUT2D eigenvalue weighted by atomic mass is 14.3. The highest BCUT2D eigenvalue weighted by Crippen LogP contribution is 2.59. The molecule has 14 aromatic rings. The van der Waals surface area contributed by atoms with Crippen molar-refractivity contribution < 1.29 is 0 Å². The second kappa shape index (κ2) is 14.3. The van der Waals surface area contributed by atoms with Crippen LogP contribution in [0.4, 0.5) is 0 Å². The van der Waals surface area contributed by atoms with Gasteiger partial charge in [0, 0.05) is 0 Å². The Kier molecular flexibility index (Phi) is 7.88. The summed E-state index contributed by atoms with van der Waals surface area (Å²) in [4.78, 5) is 0. The molecular formula is C68H40. The van der Waals surface area contributed by atoms with E-state index in [1.54, 1.807) is 0 Å². The maximum atomic E-state index is 2.52. The van der Waals surface area contributed by atoms with Crippen LogP contribution in [0.3, 0.4) is 0 Å². The van der Waals surface area contributed by atoms with E-state index in [1.807, 2.05) is 0 Å². The van der Waals surface area contributed by atoms with E-state index in [0.717, 1.165) is 0 Å². The van der Waals surface area contributed by atoms with Gasteiger partial charge < -0.3 is 0 Å². The Balaban J connectivity index is 1.01. The van der Waals surface area contributed by atoms with Crippen molar-refractivity contribution in [1.29, 1.82) is 0 Å². The van der Waals surface area contributed by atoms with E-state index < -0.39 is 0 Å². The van der Waals surface area contributed by atoms with Crippen molar-refractivity contribution in [2.75, 3.05) is 0 Å². The zero-order valence-corrected chi connectivity index (χ0v) is 37.1. The summed E-state index contributed by atoms with van der Waals surface area (Å²) >= 11 is 0. The summed E-state index contributed by atoms with van der Waals surface area (Å²) in [5.74, 6) is 0. The standard InChI is InChI=1S/C68H40/c1-3-13-46-34-48(26-20-41(46)10-1)50-28-22-43-24-30-52(38-54(43)36-50)64-59-16-7-8-17-60(59)65(53-31-25-44-23-29-51(37-55(44)39-53)49-27-21-42-11-2-4-14-47(42)35-49)68-63-40-62-56-15-6-5-12-45(56)32-33-57(62)58-18-9-19-61(66(58)63)67(64)68/h1-40H. The van der Waals surface area contributed by atoms with Crippen molar-refractivity contribution in [3.8, 4) is 66.8 Å². The lowest BCUT2D eigenvalue weighted by Gasteiger charge is -2.21. The molecule has 0 amide bonds. The van der Waals surface area contributed by atoms with E-state index in [0.29, 0.717) is 0 Å². The van der Waals surface area contributed by atoms with Gasteiger partial charge in [0.15, 0.2) is 0 Å². The van der Waals surface area contributed by atoms with Crippen molar-refractivity contribution in [2.24, 2.45) is 0 Å². The molecule has 0 radical (unpaired) electrons. The summed E-state index contributed by atoms with van der Waals surface area (Å²) in [6.07, 6.45) is 0. The Morgan fingerprint density at radius 3 is 1.09 bits per heavy atom. The largest absolute Gasteiger partial charge is 0.0616 e. The Hall–Kier alpha value is -8.84. The maximum Gasteiger partial charge on any atom is -0.000719 e. The normalized spacial score (nSPS) is 12.1. The Labute approximate surface area is 393 Å². The van der Waals surface area contributed by atoms with Gasteiger partial charge in [-0.3, -0.25) is 0 Å². The summed E-state index contributed by atoms with van der Waals surface area (Å²) in [6.45, 7) is 0. The van der Waals surface area contributed by atoms with Crippen LogP contribution in [-0.2, 0) is 0 Å². The number of hydrogen-bond donors (Lipinski definition) is 0. The third-order valence-corrected chi connectivity index (χ3v) is 15.1. The van der Waals surface area contributed by atoms with Gasteiger partial charge in [-0.15, -0.1) is 0 Å². The number of rotatable bonds is 4. The highest BCUT2D eigenvalue weighted by molar-refractivity contribution is 6.33. The molecular weight excluding hydrogens is 817 g/mol. The fourth-order valence-electron chi connectivity index (χ4n) is 11.9. The molecule has 0 unspecified atom stereocenters. The van der Waals surface area contributed by atoms with E-state index in [2.05, 4.69) is 243 Å². The quantitative estimate of drug-likeness (QED) is 0.155. The Morgan fingerprint density at radius 1 is 0.162 bits per heavy atom. The van der Waals surface area contributed by atoms with Gasteiger partial charge in [0.2, 0.25) is 0 Å².